The average molecular weight is 426 g/mol. The molecule has 3 rings (SSSR count). The maximum absolute atomic E-state index is 12.8. The van der Waals surface area contributed by atoms with Crippen molar-refractivity contribution in [3.8, 4) is 0 Å². The van der Waals surface area contributed by atoms with Gasteiger partial charge in [0.1, 0.15) is 25.0 Å². The highest BCUT2D eigenvalue weighted by atomic mass is 127. The van der Waals surface area contributed by atoms with Gasteiger partial charge in [0.25, 0.3) is 21.2 Å². The number of benzene rings is 2. The molecule has 3 nitrogen and oxygen atoms in total. The lowest BCUT2D eigenvalue weighted by molar-refractivity contribution is 0.0597. The zero-order valence-electron chi connectivity index (χ0n) is 12.7. The zero-order chi connectivity index (χ0) is 15.9. The lowest BCUT2D eigenvalue weighted by Gasteiger charge is -2.30. The predicted octanol–water partition coefficient (Wildman–Crippen LogP) is 5.46. The molecule has 0 spiro atoms. The molecule has 1 aliphatic heterocycles. The molecule has 0 radical (unpaired) electrons. The third kappa shape index (κ3) is 2.84. The molecule has 0 N–H and O–H groups in total. The molecule has 1 aliphatic rings. The molecule has 0 bridgehead atoms. The first-order chi connectivity index (χ1) is 10.4. The molecule has 0 fully saturated rings. The summed E-state index contributed by atoms with van der Waals surface area (Å²) in [5, 5.41) is 0. The molecule has 0 aliphatic carbocycles. The standard InChI is InChI=1S/C17H17INO2S/c1-17(2,3)21-16(20)19-12-8-4-6-10-14(12)22(18)15-11-7-5-9-13(15)19/h4-11H,1-3H3/q+1. The van der Waals surface area contributed by atoms with E-state index in [9.17, 15) is 4.79 Å². The minimum absolute atomic E-state index is 0.0799. The van der Waals surface area contributed by atoms with Crippen LogP contribution in [-0.2, 0) is 12.8 Å². The van der Waals surface area contributed by atoms with Crippen molar-refractivity contribution < 1.29 is 9.53 Å². The Morgan fingerprint density at radius 1 is 1.00 bits per heavy atom. The summed E-state index contributed by atoms with van der Waals surface area (Å²) in [5.41, 5.74) is 1.30. The second-order valence-electron chi connectivity index (χ2n) is 6.01. The molecule has 1 heterocycles. The van der Waals surface area contributed by atoms with Crippen LogP contribution in [0.25, 0.3) is 0 Å². The van der Waals surface area contributed by atoms with Gasteiger partial charge in [-0.2, -0.15) is 0 Å². The maximum atomic E-state index is 12.8. The Bertz CT molecular complexity index is 679. The summed E-state index contributed by atoms with van der Waals surface area (Å²) in [7, 11) is -0.0799. The summed E-state index contributed by atoms with van der Waals surface area (Å²) in [4.78, 5) is 16.8. The third-order valence-electron chi connectivity index (χ3n) is 3.17. The van der Waals surface area contributed by atoms with E-state index in [-0.39, 0.29) is 14.2 Å². The van der Waals surface area contributed by atoms with Crippen molar-refractivity contribution in [3.05, 3.63) is 48.5 Å². The lowest BCUT2D eigenvalue weighted by Crippen LogP contribution is -2.36. The van der Waals surface area contributed by atoms with Gasteiger partial charge in [0.15, 0.2) is 9.79 Å². The SMILES string of the molecule is CC(C)(C)OC(=O)N1c2ccccc2[S+](I)c2ccccc21. The number of hydrogen-bond donors (Lipinski definition) is 0. The van der Waals surface area contributed by atoms with E-state index in [1.54, 1.807) is 4.90 Å². The largest absolute Gasteiger partial charge is 0.443 e. The van der Waals surface area contributed by atoms with Crippen LogP contribution in [0.15, 0.2) is 58.3 Å². The first-order valence-electron chi connectivity index (χ1n) is 7.00. The van der Waals surface area contributed by atoms with Gasteiger partial charge in [-0.15, -0.1) is 0 Å². The van der Waals surface area contributed by atoms with Gasteiger partial charge in [-0.3, -0.25) is 0 Å². The molecule has 22 heavy (non-hydrogen) atoms. The van der Waals surface area contributed by atoms with E-state index in [4.69, 9.17) is 4.74 Å². The van der Waals surface area contributed by atoms with E-state index in [0.29, 0.717) is 0 Å². The second kappa shape index (κ2) is 5.77. The number of rotatable bonds is 0. The molecule has 2 aromatic carbocycles. The van der Waals surface area contributed by atoms with Crippen LogP contribution in [0.1, 0.15) is 20.8 Å². The monoisotopic (exact) mass is 426 g/mol. The number of halogens is 1. The Labute approximate surface area is 145 Å². The second-order valence-corrected chi connectivity index (χ2v) is 10.0. The van der Waals surface area contributed by atoms with Crippen molar-refractivity contribution in [2.24, 2.45) is 0 Å². The Kier molecular flexibility index (Phi) is 4.11. The van der Waals surface area contributed by atoms with Crippen LogP contribution in [0.5, 0.6) is 0 Å². The number of ether oxygens (including phenoxy) is 1. The first-order valence-corrected chi connectivity index (χ1v) is 10.8. The summed E-state index contributed by atoms with van der Waals surface area (Å²) < 4.78 is 5.61. The fourth-order valence-corrected chi connectivity index (χ4v) is 5.89. The Hall–Kier alpha value is -1.21. The van der Waals surface area contributed by atoms with Crippen molar-refractivity contribution in [3.63, 3.8) is 0 Å². The Balaban J connectivity index is 2.14. The number of hydrogen-bond acceptors (Lipinski definition) is 2. The molecule has 0 aromatic heterocycles. The summed E-state index contributed by atoms with van der Waals surface area (Å²) in [5.74, 6) is 0. The van der Waals surface area contributed by atoms with E-state index < -0.39 is 5.60 Å². The quantitative estimate of drug-likeness (QED) is 0.414. The van der Waals surface area contributed by atoms with Crippen LogP contribution in [0.2, 0.25) is 0 Å². The van der Waals surface area contributed by atoms with Gasteiger partial charge in [0, 0.05) is 0 Å². The molecule has 1 amide bonds. The highest BCUT2D eigenvalue weighted by molar-refractivity contribution is 14.2. The zero-order valence-corrected chi connectivity index (χ0v) is 15.6. The number of carbonyl (C=O) groups is 1. The van der Waals surface area contributed by atoms with E-state index in [2.05, 4.69) is 33.3 Å². The lowest BCUT2D eigenvalue weighted by atomic mass is 10.2. The van der Waals surface area contributed by atoms with Crippen LogP contribution in [-0.4, -0.2) is 11.7 Å². The fourth-order valence-electron chi connectivity index (χ4n) is 2.34. The number of carbonyl (C=O) groups excluding carboxylic acids is 1. The van der Waals surface area contributed by atoms with Gasteiger partial charge >= 0.3 is 6.09 Å². The molecule has 5 heteroatoms. The molecular weight excluding hydrogens is 409 g/mol. The first kappa shape index (κ1) is 15.7. The van der Waals surface area contributed by atoms with Crippen molar-refractivity contribution in [2.45, 2.75) is 36.2 Å². The van der Waals surface area contributed by atoms with Crippen LogP contribution >= 0.6 is 21.2 Å². The molecule has 2 aromatic rings. The predicted molar refractivity (Wildman–Crippen MR) is 99.2 cm³/mol. The minimum Gasteiger partial charge on any atom is -0.443 e. The van der Waals surface area contributed by atoms with Gasteiger partial charge in [0.05, 0.1) is 0 Å². The molecule has 0 saturated heterocycles. The topological polar surface area (TPSA) is 29.5 Å². The van der Waals surface area contributed by atoms with Crippen LogP contribution in [0.4, 0.5) is 16.2 Å². The van der Waals surface area contributed by atoms with Crippen molar-refractivity contribution >= 4 is 46.7 Å². The van der Waals surface area contributed by atoms with Gasteiger partial charge in [-0.25, -0.2) is 9.69 Å². The van der Waals surface area contributed by atoms with Crippen molar-refractivity contribution in [2.75, 3.05) is 4.90 Å². The normalized spacial score (nSPS) is 14.3. The number of amides is 1. The fraction of sp³-hybridized carbons (Fsp3) is 0.235. The van der Waals surface area contributed by atoms with Gasteiger partial charge in [0.2, 0.25) is 0 Å². The Morgan fingerprint density at radius 2 is 1.45 bits per heavy atom. The minimum atomic E-state index is -0.523. The smallest absolute Gasteiger partial charge is 0.419 e. The summed E-state index contributed by atoms with van der Waals surface area (Å²) in [6.07, 6.45) is -0.333. The van der Waals surface area contributed by atoms with Gasteiger partial charge < -0.3 is 4.74 Å². The average Bonchev–Trinajstić information content (AvgIpc) is 2.46. The van der Waals surface area contributed by atoms with Crippen LogP contribution in [0, 0.1) is 0 Å². The molecule has 0 atom stereocenters. The molecule has 114 valence electrons. The van der Waals surface area contributed by atoms with Gasteiger partial charge in [-0.05, 0) is 45.0 Å². The molecule has 0 saturated carbocycles. The van der Waals surface area contributed by atoms with E-state index >= 15 is 0 Å². The van der Waals surface area contributed by atoms with Crippen molar-refractivity contribution in [1.29, 1.82) is 0 Å². The third-order valence-corrected chi connectivity index (χ3v) is 7.48. The maximum Gasteiger partial charge on any atom is 0.419 e. The number of para-hydroxylation sites is 2. The molecule has 0 unspecified atom stereocenters. The highest BCUT2D eigenvalue weighted by Crippen LogP contribution is 2.48. The summed E-state index contributed by atoms with van der Waals surface area (Å²) in [6, 6.07) is 16.1. The number of nitrogens with zero attached hydrogens (tertiary/aromatic N) is 1. The van der Waals surface area contributed by atoms with Crippen LogP contribution in [0.3, 0.4) is 0 Å². The Morgan fingerprint density at radius 3 is 1.91 bits per heavy atom. The highest BCUT2D eigenvalue weighted by Gasteiger charge is 2.41. The van der Waals surface area contributed by atoms with Crippen LogP contribution < -0.4 is 4.90 Å². The van der Waals surface area contributed by atoms with Gasteiger partial charge in [-0.1, -0.05) is 24.3 Å². The number of anilines is 2. The van der Waals surface area contributed by atoms with E-state index in [1.165, 1.54) is 0 Å². The van der Waals surface area contributed by atoms with E-state index in [1.807, 2.05) is 57.2 Å². The van der Waals surface area contributed by atoms with Crippen molar-refractivity contribution in [1.82, 2.24) is 0 Å². The number of fused-ring (bicyclic) bond motifs is 2. The van der Waals surface area contributed by atoms with E-state index in [0.717, 1.165) is 21.2 Å². The summed E-state index contributed by atoms with van der Waals surface area (Å²) >= 11 is 2.45. The molecular formula is C17H17INO2S+. The summed E-state index contributed by atoms with van der Waals surface area (Å²) in [6.45, 7) is 5.65.